The summed E-state index contributed by atoms with van der Waals surface area (Å²) in [7, 11) is 1.80. The summed E-state index contributed by atoms with van der Waals surface area (Å²) in [6.07, 6.45) is 2.64. The van der Waals surface area contributed by atoms with E-state index in [1.165, 1.54) is 0 Å². The van der Waals surface area contributed by atoms with Gasteiger partial charge in [-0.2, -0.15) is 0 Å². The minimum Gasteiger partial charge on any atom is -0.380 e. The van der Waals surface area contributed by atoms with Gasteiger partial charge in [0, 0.05) is 18.6 Å². The molecule has 0 bridgehead atoms. The summed E-state index contributed by atoms with van der Waals surface area (Å²) in [4.78, 5) is 0. The first kappa shape index (κ1) is 10.0. The standard InChI is InChI=1S/C10H21NO/c1-5-10(6-2)8(11)7(3)9(10)12-4/h7-9H,5-6,11H2,1-4H3/t7-,8+,9-/m0/s1. The van der Waals surface area contributed by atoms with Crippen molar-refractivity contribution in [2.24, 2.45) is 17.1 Å². The van der Waals surface area contributed by atoms with E-state index in [0.717, 1.165) is 12.8 Å². The number of hydrogen-bond acceptors (Lipinski definition) is 2. The van der Waals surface area contributed by atoms with Gasteiger partial charge < -0.3 is 10.5 Å². The van der Waals surface area contributed by atoms with E-state index in [-0.39, 0.29) is 5.41 Å². The summed E-state index contributed by atoms with van der Waals surface area (Å²) in [5, 5.41) is 0. The number of hydrogen-bond donors (Lipinski definition) is 1. The van der Waals surface area contributed by atoms with Gasteiger partial charge in [-0.3, -0.25) is 0 Å². The molecule has 0 radical (unpaired) electrons. The summed E-state index contributed by atoms with van der Waals surface area (Å²) in [5.41, 5.74) is 6.37. The zero-order chi connectivity index (χ0) is 9.35. The first-order chi connectivity index (χ1) is 5.64. The van der Waals surface area contributed by atoms with Crippen molar-refractivity contribution in [3.8, 4) is 0 Å². The maximum Gasteiger partial charge on any atom is 0.0682 e. The molecular formula is C10H21NO. The van der Waals surface area contributed by atoms with E-state index in [0.29, 0.717) is 18.1 Å². The third kappa shape index (κ3) is 1.01. The zero-order valence-electron chi connectivity index (χ0n) is 8.63. The SMILES string of the molecule is CCC1(CC)[C@H](N)[C@H](C)[C@@H]1OC. The molecule has 1 aliphatic rings. The van der Waals surface area contributed by atoms with Crippen LogP contribution in [0.25, 0.3) is 0 Å². The molecule has 0 aromatic carbocycles. The molecule has 12 heavy (non-hydrogen) atoms. The smallest absolute Gasteiger partial charge is 0.0682 e. The summed E-state index contributed by atoms with van der Waals surface area (Å²) in [6, 6.07) is 0.331. The molecule has 72 valence electrons. The maximum absolute atomic E-state index is 6.11. The number of methoxy groups -OCH3 is 1. The quantitative estimate of drug-likeness (QED) is 0.702. The molecule has 2 heteroatoms. The molecule has 2 nitrogen and oxygen atoms in total. The van der Waals surface area contributed by atoms with Gasteiger partial charge in [0.1, 0.15) is 0 Å². The minimum absolute atomic E-state index is 0.258. The van der Waals surface area contributed by atoms with Gasteiger partial charge in [0.2, 0.25) is 0 Å². The van der Waals surface area contributed by atoms with Crippen molar-refractivity contribution in [1.82, 2.24) is 0 Å². The summed E-state index contributed by atoms with van der Waals surface area (Å²) in [5.74, 6) is 0.523. The van der Waals surface area contributed by atoms with Crippen molar-refractivity contribution in [3.05, 3.63) is 0 Å². The predicted octanol–water partition coefficient (Wildman–Crippen LogP) is 1.78. The topological polar surface area (TPSA) is 35.2 Å². The lowest BCUT2D eigenvalue weighted by Crippen LogP contribution is -2.67. The Labute approximate surface area is 75.5 Å². The predicted molar refractivity (Wildman–Crippen MR) is 51.0 cm³/mol. The van der Waals surface area contributed by atoms with Gasteiger partial charge in [0.15, 0.2) is 0 Å². The normalized spacial score (nSPS) is 39.2. The van der Waals surface area contributed by atoms with E-state index in [9.17, 15) is 0 Å². The number of ether oxygens (including phenoxy) is 1. The van der Waals surface area contributed by atoms with Crippen LogP contribution in [0.4, 0.5) is 0 Å². The highest BCUT2D eigenvalue weighted by atomic mass is 16.5. The van der Waals surface area contributed by atoms with E-state index >= 15 is 0 Å². The molecule has 0 aliphatic heterocycles. The van der Waals surface area contributed by atoms with Crippen LogP contribution in [0.3, 0.4) is 0 Å². The molecule has 0 unspecified atom stereocenters. The van der Waals surface area contributed by atoms with E-state index < -0.39 is 0 Å². The molecule has 0 spiro atoms. The molecule has 0 aromatic heterocycles. The van der Waals surface area contributed by atoms with Gasteiger partial charge in [-0.1, -0.05) is 20.8 Å². The fourth-order valence-corrected chi connectivity index (χ4v) is 2.88. The van der Waals surface area contributed by atoms with Crippen LogP contribution < -0.4 is 5.73 Å². The van der Waals surface area contributed by atoms with Crippen molar-refractivity contribution in [1.29, 1.82) is 0 Å². The Morgan fingerprint density at radius 1 is 1.33 bits per heavy atom. The van der Waals surface area contributed by atoms with E-state index in [1.54, 1.807) is 7.11 Å². The lowest BCUT2D eigenvalue weighted by atomic mass is 9.53. The van der Waals surface area contributed by atoms with Crippen molar-refractivity contribution in [2.75, 3.05) is 7.11 Å². The maximum atomic E-state index is 6.11. The molecule has 0 amide bonds. The Hall–Kier alpha value is -0.0800. The highest BCUT2D eigenvalue weighted by Gasteiger charge is 2.56. The lowest BCUT2D eigenvalue weighted by Gasteiger charge is -2.58. The van der Waals surface area contributed by atoms with Crippen LogP contribution in [0.1, 0.15) is 33.6 Å². The van der Waals surface area contributed by atoms with Crippen molar-refractivity contribution in [2.45, 2.75) is 45.8 Å². The second-order valence-corrected chi connectivity index (χ2v) is 3.98. The monoisotopic (exact) mass is 171 g/mol. The minimum atomic E-state index is 0.258. The average molecular weight is 171 g/mol. The Morgan fingerprint density at radius 3 is 2.08 bits per heavy atom. The van der Waals surface area contributed by atoms with Gasteiger partial charge in [-0.15, -0.1) is 0 Å². The van der Waals surface area contributed by atoms with Crippen LogP contribution in [0.2, 0.25) is 0 Å². The van der Waals surface area contributed by atoms with Crippen molar-refractivity contribution in [3.63, 3.8) is 0 Å². The van der Waals surface area contributed by atoms with Gasteiger partial charge >= 0.3 is 0 Å². The van der Waals surface area contributed by atoms with Gasteiger partial charge in [-0.05, 0) is 18.8 Å². The van der Waals surface area contributed by atoms with Crippen molar-refractivity contribution < 1.29 is 4.74 Å². The van der Waals surface area contributed by atoms with Crippen LogP contribution in [0.15, 0.2) is 0 Å². The Balaban J connectivity index is 2.74. The summed E-state index contributed by atoms with van der Waals surface area (Å²) >= 11 is 0. The Kier molecular flexibility index (Phi) is 2.79. The van der Waals surface area contributed by atoms with Crippen LogP contribution in [0, 0.1) is 11.3 Å². The fourth-order valence-electron chi connectivity index (χ4n) is 2.88. The second-order valence-electron chi connectivity index (χ2n) is 3.98. The highest BCUT2D eigenvalue weighted by Crippen LogP contribution is 2.50. The van der Waals surface area contributed by atoms with Crippen LogP contribution >= 0.6 is 0 Å². The van der Waals surface area contributed by atoms with Gasteiger partial charge in [-0.25, -0.2) is 0 Å². The summed E-state index contributed by atoms with van der Waals surface area (Å²) < 4.78 is 5.49. The molecule has 0 aromatic rings. The van der Waals surface area contributed by atoms with Crippen LogP contribution in [-0.2, 0) is 4.74 Å². The Morgan fingerprint density at radius 2 is 1.83 bits per heavy atom. The number of rotatable bonds is 3. The number of nitrogens with two attached hydrogens (primary N) is 1. The van der Waals surface area contributed by atoms with Crippen LogP contribution in [-0.4, -0.2) is 19.3 Å². The zero-order valence-corrected chi connectivity index (χ0v) is 8.63. The van der Waals surface area contributed by atoms with E-state index in [4.69, 9.17) is 10.5 Å². The third-order valence-electron chi connectivity index (χ3n) is 3.84. The van der Waals surface area contributed by atoms with E-state index in [1.807, 2.05) is 0 Å². The van der Waals surface area contributed by atoms with Crippen LogP contribution in [0.5, 0.6) is 0 Å². The summed E-state index contributed by atoms with van der Waals surface area (Å²) in [6.45, 7) is 6.60. The second kappa shape index (κ2) is 3.35. The molecule has 0 heterocycles. The molecule has 0 saturated heterocycles. The molecule has 2 N–H and O–H groups in total. The molecule has 1 rings (SSSR count). The largest absolute Gasteiger partial charge is 0.380 e. The molecule has 1 aliphatic carbocycles. The third-order valence-corrected chi connectivity index (χ3v) is 3.84. The molecule has 1 fully saturated rings. The van der Waals surface area contributed by atoms with Crippen molar-refractivity contribution >= 4 is 0 Å². The molecule has 3 atom stereocenters. The first-order valence-electron chi connectivity index (χ1n) is 4.92. The molecule has 1 saturated carbocycles. The Bertz CT molecular complexity index is 154. The fraction of sp³-hybridized carbons (Fsp3) is 1.00. The van der Waals surface area contributed by atoms with Gasteiger partial charge in [0.25, 0.3) is 0 Å². The highest BCUT2D eigenvalue weighted by molar-refractivity contribution is 5.09. The van der Waals surface area contributed by atoms with E-state index in [2.05, 4.69) is 20.8 Å². The molecular weight excluding hydrogens is 150 g/mol. The lowest BCUT2D eigenvalue weighted by molar-refractivity contribution is -0.156. The average Bonchev–Trinajstić information content (AvgIpc) is 2.12. The van der Waals surface area contributed by atoms with Gasteiger partial charge in [0.05, 0.1) is 6.10 Å². The first-order valence-corrected chi connectivity index (χ1v) is 4.92.